The number of rotatable bonds is 13. The predicted molar refractivity (Wildman–Crippen MR) is 199 cm³/mol. The lowest BCUT2D eigenvalue weighted by molar-refractivity contribution is 0.0427. The van der Waals surface area contributed by atoms with Crippen molar-refractivity contribution in [2.45, 2.75) is 78.0 Å². The number of benzene rings is 4. The van der Waals surface area contributed by atoms with Crippen molar-refractivity contribution in [1.82, 2.24) is 10.6 Å². The Bertz CT molecular complexity index is 1590. The van der Waals surface area contributed by atoms with Crippen LogP contribution in [0.25, 0.3) is 12.2 Å². The lowest BCUT2D eigenvalue weighted by Crippen LogP contribution is -2.44. The summed E-state index contributed by atoms with van der Waals surface area (Å²) < 4.78 is 23.4. The molecule has 0 aliphatic rings. The molecule has 8 nitrogen and oxygen atoms in total. The highest BCUT2D eigenvalue weighted by Crippen LogP contribution is 2.32. The summed E-state index contributed by atoms with van der Waals surface area (Å²) >= 11 is 0. The average Bonchev–Trinajstić information content (AvgIpc) is 3.07. The minimum atomic E-state index is -0.756. The molecule has 0 aromatic heterocycles. The zero-order valence-corrected chi connectivity index (χ0v) is 29.8. The van der Waals surface area contributed by atoms with Crippen LogP contribution in [0.3, 0.4) is 0 Å². The van der Waals surface area contributed by atoms with Crippen LogP contribution in [-0.2, 0) is 22.7 Å². The molecule has 0 bridgehead atoms. The van der Waals surface area contributed by atoms with Gasteiger partial charge >= 0.3 is 12.2 Å². The van der Waals surface area contributed by atoms with Gasteiger partial charge in [-0.15, -0.1) is 0 Å². The van der Waals surface area contributed by atoms with Crippen molar-refractivity contribution in [1.29, 1.82) is 0 Å². The molecule has 0 fully saturated rings. The van der Waals surface area contributed by atoms with Crippen LogP contribution in [0.4, 0.5) is 9.59 Å². The van der Waals surface area contributed by atoms with Gasteiger partial charge in [0.1, 0.15) is 35.9 Å². The van der Waals surface area contributed by atoms with Gasteiger partial charge in [-0.25, -0.2) is 9.59 Å². The van der Waals surface area contributed by atoms with Gasteiger partial charge < -0.3 is 29.6 Å². The second-order valence-corrected chi connectivity index (χ2v) is 13.9. The van der Waals surface area contributed by atoms with E-state index in [1.54, 1.807) is 53.7 Å². The predicted octanol–water partition coefficient (Wildman–Crippen LogP) is 9.96. The smallest absolute Gasteiger partial charge is 0.408 e. The Balaban J connectivity index is 1.61. The number of hydrogen-bond acceptors (Lipinski definition) is 6. The Morgan fingerprint density at radius 2 is 0.880 bits per heavy atom. The van der Waals surface area contributed by atoms with E-state index in [-0.39, 0.29) is 0 Å². The molecule has 4 aromatic carbocycles. The summed E-state index contributed by atoms with van der Waals surface area (Å²) in [5.74, 6) is 1.30. The lowest BCUT2D eigenvalue weighted by atomic mass is 9.93. The molecule has 0 radical (unpaired) electrons. The van der Waals surface area contributed by atoms with E-state index in [2.05, 4.69) is 23.8 Å². The van der Waals surface area contributed by atoms with Crippen molar-refractivity contribution in [3.05, 3.63) is 144 Å². The molecule has 8 heteroatoms. The van der Waals surface area contributed by atoms with Gasteiger partial charge in [0, 0.05) is 0 Å². The van der Waals surface area contributed by atoms with Gasteiger partial charge in [0.25, 0.3) is 0 Å². The molecule has 0 aliphatic heterocycles. The van der Waals surface area contributed by atoms with Crippen molar-refractivity contribution in [2.75, 3.05) is 0 Å². The fourth-order valence-corrected chi connectivity index (χ4v) is 4.96. The van der Waals surface area contributed by atoms with Crippen molar-refractivity contribution < 1.29 is 28.5 Å². The third-order valence-corrected chi connectivity index (χ3v) is 7.40. The zero-order valence-electron chi connectivity index (χ0n) is 29.8. The first-order valence-corrected chi connectivity index (χ1v) is 16.6. The molecule has 0 unspecified atom stereocenters. The van der Waals surface area contributed by atoms with E-state index in [1.807, 2.05) is 97.1 Å². The SMILES string of the molecule is C=Cc1ccc(COc2ccc([C@@H](NC(=O)OC(C)(C)C)[C@H](NC(=O)OC(C)(C)C)c3ccc(OCc4ccc(C=C)cc4)cc3)cc2)cc1. The number of ether oxygens (including phenoxy) is 4. The van der Waals surface area contributed by atoms with Crippen molar-refractivity contribution in [3.63, 3.8) is 0 Å². The van der Waals surface area contributed by atoms with E-state index < -0.39 is 35.5 Å². The first-order valence-electron chi connectivity index (χ1n) is 16.6. The maximum absolute atomic E-state index is 13.2. The highest BCUT2D eigenvalue weighted by molar-refractivity contribution is 5.71. The topological polar surface area (TPSA) is 95.1 Å². The molecule has 262 valence electrons. The molecule has 50 heavy (non-hydrogen) atoms. The van der Waals surface area contributed by atoms with E-state index in [0.717, 1.165) is 22.3 Å². The third-order valence-electron chi connectivity index (χ3n) is 7.40. The molecule has 2 amide bonds. The molecule has 0 spiro atoms. The molecule has 0 heterocycles. The van der Waals surface area contributed by atoms with Crippen LogP contribution < -0.4 is 20.1 Å². The molecule has 2 atom stereocenters. The van der Waals surface area contributed by atoms with Gasteiger partial charge in [-0.1, -0.05) is 98.1 Å². The molecule has 4 rings (SSSR count). The fraction of sp³-hybridized carbons (Fsp3) is 0.286. The molecular weight excluding hydrogens is 628 g/mol. The minimum Gasteiger partial charge on any atom is -0.489 e. The quantitative estimate of drug-likeness (QED) is 0.146. The standard InChI is InChI=1S/C42H48N2O6/c1-9-29-11-15-31(16-12-29)27-47-35-23-19-33(20-24-35)37(43-39(45)49-41(3,4)5)38(44-40(46)50-42(6,7)8)34-21-25-36(26-22-34)48-28-32-17-13-30(10-2)14-18-32/h9-26,37-38H,1-2,27-28H2,3-8H3,(H,43,45)(H,44,46)/t37-,38-/m1/s1. The highest BCUT2D eigenvalue weighted by atomic mass is 16.6. The maximum atomic E-state index is 13.2. The van der Waals surface area contributed by atoms with E-state index in [0.29, 0.717) is 35.8 Å². The molecule has 0 aliphatic carbocycles. The van der Waals surface area contributed by atoms with Gasteiger partial charge in [0.05, 0.1) is 12.1 Å². The van der Waals surface area contributed by atoms with Crippen LogP contribution >= 0.6 is 0 Å². The number of carbonyl (C=O) groups excluding carboxylic acids is 2. The average molecular weight is 677 g/mol. The van der Waals surface area contributed by atoms with Crippen LogP contribution in [0.15, 0.2) is 110 Å². The van der Waals surface area contributed by atoms with Crippen LogP contribution in [-0.4, -0.2) is 23.4 Å². The second-order valence-electron chi connectivity index (χ2n) is 13.9. The third kappa shape index (κ3) is 11.9. The largest absolute Gasteiger partial charge is 0.489 e. The molecule has 4 aromatic rings. The van der Waals surface area contributed by atoms with Crippen molar-refractivity contribution in [3.8, 4) is 11.5 Å². The Labute approximate surface area is 296 Å². The Morgan fingerprint density at radius 3 is 1.16 bits per heavy atom. The van der Waals surface area contributed by atoms with Crippen LogP contribution in [0, 0.1) is 0 Å². The van der Waals surface area contributed by atoms with Gasteiger partial charge in [0.2, 0.25) is 0 Å². The van der Waals surface area contributed by atoms with Crippen molar-refractivity contribution >= 4 is 24.3 Å². The summed E-state index contributed by atoms with van der Waals surface area (Å²) in [6, 6.07) is 29.2. The Kier molecular flexibility index (Phi) is 12.5. The van der Waals surface area contributed by atoms with Crippen LogP contribution in [0.2, 0.25) is 0 Å². The van der Waals surface area contributed by atoms with Gasteiger partial charge in [-0.2, -0.15) is 0 Å². The highest BCUT2D eigenvalue weighted by Gasteiger charge is 2.31. The molecule has 0 saturated carbocycles. The number of carbonyl (C=O) groups is 2. The first-order chi connectivity index (χ1) is 23.7. The van der Waals surface area contributed by atoms with Gasteiger partial charge in [-0.05, 0) is 99.2 Å². The van der Waals surface area contributed by atoms with E-state index >= 15 is 0 Å². The van der Waals surface area contributed by atoms with Gasteiger partial charge in [0.15, 0.2) is 0 Å². The number of alkyl carbamates (subject to hydrolysis) is 2. The molecular formula is C42H48N2O6. The first kappa shape index (κ1) is 37.3. The molecule has 0 saturated heterocycles. The van der Waals surface area contributed by atoms with E-state index in [1.165, 1.54) is 0 Å². The van der Waals surface area contributed by atoms with Crippen LogP contribution in [0.5, 0.6) is 11.5 Å². The molecule has 2 N–H and O–H groups in total. The number of amides is 2. The van der Waals surface area contributed by atoms with Crippen LogP contribution in [0.1, 0.15) is 87.0 Å². The summed E-state index contributed by atoms with van der Waals surface area (Å²) in [6.45, 7) is 19.1. The Morgan fingerprint density at radius 1 is 0.560 bits per heavy atom. The lowest BCUT2D eigenvalue weighted by Gasteiger charge is -2.32. The summed E-state index contributed by atoms with van der Waals surface area (Å²) in [4.78, 5) is 26.5. The Hall–Kier alpha value is -5.50. The fourth-order valence-electron chi connectivity index (χ4n) is 4.96. The summed E-state index contributed by atoms with van der Waals surface area (Å²) in [5, 5.41) is 5.99. The second kappa shape index (κ2) is 16.7. The number of nitrogens with one attached hydrogen (secondary N) is 2. The van der Waals surface area contributed by atoms with E-state index in [9.17, 15) is 9.59 Å². The summed E-state index contributed by atoms with van der Waals surface area (Å²) in [6.07, 6.45) is 2.32. The zero-order chi connectivity index (χ0) is 36.3. The maximum Gasteiger partial charge on any atom is 0.408 e. The monoisotopic (exact) mass is 676 g/mol. The number of hydrogen-bond donors (Lipinski definition) is 2. The summed E-state index contributed by atoms with van der Waals surface area (Å²) in [5.41, 5.74) is 4.05. The normalized spacial score (nSPS) is 12.5. The van der Waals surface area contributed by atoms with E-state index in [4.69, 9.17) is 18.9 Å². The summed E-state index contributed by atoms with van der Waals surface area (Å²) in [7, 11) is 0. The van der Waals surface area contributed by atoms with Gasteiger partial charge in [-0.3, -0.25) is 0 Å². The minimum absolute atomic E-state index is 0.383. The van der Waals surface area contributed by atoms with Crippen molar-refractivity contribution in [2.24, 2.45) is 0 Å².